The molecule has 1 aromatic rings. The van der Waals surface area contributed by atoms with E-state index < -0.39 is 10.0 Å². The predicted molar refractivity (Wildman–Crippen MR) is 69.5 cm³/mol. The summed E-state index contributed by atoms with van der Waals surface area (Å²) >= 11 is 0. The van der Waals surface area contributed by atoms with E-state index in [-0.39, 0.29) is 5.75 Å². The predicted octanol–water partition coefficient (Wildman–Crippen LogP) is 0.661. The van der Waals surface area contributed by atoms with E-state index >= 15 is 0 Å². The molecule has 0 amide bonds. The largest absolute Gasteiger partial charge is 0.369 e. The van der Waals surface area contributed by atoms with Crippen LogP contribution >= 0.6 is 0 Å². The average molecular weight is 268 g/mol. The number of aryl methyl sites for hydroxylation is 2. The second-order valence-corrected chi connectivity index (χ2v) is 5.80. The van der Waals surface area contributed by atoms with Crippen LogP contribution in [0.3, 0.4) is 0 Å². The first kappa shape index (κ1) is 14.4. The lowest BCUT2D eigenvalue weighted by molar-refractivity contribution is 0.595. The Bertz CT molecular complexity index is 575. The smallest absolute Gasteiger partial charge is 0.209 e. The molecule has 1 rings (SSSR count). The molecule has 0 saturated heterocycles. The van der Waals surface area contributed by atoms with Crippen molar-refractivity contribution in [2.45, 2.75) is 20.3 Å². The number of anilines is 1. The Balaban J connectivity index is 2.71. The summed E-state index contributed by atoms with van der Waals surface area (Å²) in [6.07, 6.45) is 0.373. The van der Waals surface area contributed by atoms with Gasteiger partial charge in [-0.25, -0.2) is 18.5 Å². The van der Waals surface area contributed by atoms with Gasteiger partial charge in [0, 0.05) is 12.2 Å². The van der Waals surface area contributed by atoms with E-state index in [0.29, 0.717) is 24.3 Å². The standard InChI is InChI=1S/C11H16N4O2S/c1-8-6-9(2)15-11(10(8)7-12)14-4-3-5-18(13,16)17/h6H,3-5H2,1-2H3,(H,14,15)(H2,13,16,17). The van der Waals surface area contributed by atoms with E-state index in [0.717, 1.165) is 11.3 Å². The van der Waals surface area contributed by atoms with Crippen molar-refractivity contribution in [3.05, 3.63) is 22.9 Å². The number of hydrogen-bond donors (Lipinski definition) is 2. The van der Waals surface area contributed by atoms with E-state index in [4.69, 9.17) is 10.4 Å². The first-order valence-electron chi connectivity index (χ1n) is 5.46. The van der Waals surface area contributed by atoms with Crippen LogP contribution in [0.2, 0.25) is 0 Å². The van der Waals surface area contributed by atoms with Gasteiger partial charge in [-0.15, -0.1) is 0 Å². The quantitative estimate of drug-likeness (QED) is 0.762. The van der Waals surface area contributed by atoms with Gasteiger partial charge in [-0.05, 0) is 31.9 Å². The highest BCUT2D eigenvalue weighted by molar-refractivity contribution is 7.89. The first-order valence-corrected chi connectivity index (χ1v) is 7.17. The summed E-state index contributed by atoms with van der Waals surface area (Å²) in [5.41, 5.74) is 2.13. The number of nitrogens with zero attached hydrogens (tertiary/aromatic N) is 2. The fourth-order valence-electron chi connectivity index (χ4n) is 1.59. The normalized spacial score (nSPS) is 11.0. The molecule has 0 atom stereocenters. The maximum Gasteiger partial charge on any atom is 0.209 e. The third kappa shape index (κ3) is 4.31. The molecule has 0 aromatic carbocycles. The molecular weight excluding hydrogens is 252 g/mol. The van der Waals surface area contributed by atoms with Gasteiger partial charge >= 0.3 is 0 Å². The van der Waals surface area contributed by atoms with E-state index in [2.05, 4.69) is 16.4 Å². The molecule has 0 aliphatic rings. The van der Waals surface area contributed by atoms with Gasteiger partial charge in [-0.3, -0.25) is 0 Å². The zero-order chi connectivity index (χ0) is 13.8. The van der Waals surface area contributed by atoms with Gasteiger partial charge in [0.15, 0.2) is 0 Å². The number of rotatable bonds is 5. The Hall–Kier alpha value is -1.65. The number of primary sulfonamides is 1. The monoisotopic (exact) mass is 268 g/mol. The molecule has 98 valence electrons. The number of nitriles is 1. The van der Waals surface area contributed by atoms with E-state index in [1.54, 1.807) is 0 Å². The summed E-state index contributed by atoms with van der Waals surface area (Å²) in [6.45, 7) is 4.08. The van der Waals surface area contributed by atoms with E-state index in [1.807, 2.05) is 19.9 Å². The Labute approximate surface area is 107 Å². The lowest BCUT2D eigenvalue weighted by atomic mass is 10.1. The van der Waals surface area contributed by atoms with Crippen LogP contribution in [0, 0.1) is 25.2 Å². The third-order valence-corrected chi connectivity index (χ3v) is 3.21. The van der Waals surface area contributed by atoms with Crippen molar-refractivity contribution in [2.75, 3.05) is 17.6 Å². The highest BCUT2D eigenvalue weighted by Gasteiger charge is 2.08. The van der Waals surface area contributed by atoms with Crippen molar-refractivity contribution in [3.63, 3.8) is 0 Å². The SMILES string of the molecule is Cc1cc(C)c(C#N)c(NCCCS(N)(=O)=O)n1. The summed E-state index contributed by atoms with van der Waals surface area (Å²) < 4.78 is 21.5. The molecule has 0 spiro atoms. The zero-order valence-corrected chi connectivity index (χ0v) is 11.2. The van der Waals surface area contributed by atoms with Crippen molar-refractivity contribution in [1.82, 2.24) is 4.98 Å². The van der Waals surface area contributed by atoms with Gasteiger partial charge < -0.3 is 5.32 Å². The summed E-state index contributed by atoms with van der Waals surface area (Å²) in [7, 11) is -3.44. The highest BCUT2D eigenvalue weighted by atomic mass is 32.2. The number of aromatic nitrogens is 1. The first-order chi connectivity index (χ1) is 8.33. The van der Waals surface area contributed by atoms with Crippen LogP contribution in [-0.4, -0.2) is 25.7 Å². The fraction of sp³-hybridized carbons (Fsp3) is 0.455. The third-order valence-electron chi connectivity index (χ3n) is 2.35. The Kier molecular flexibility index (Phi) is 4.64. The lowest BCUT2D eigenvalue weighted by Crippen LogP contribution is -2.19. The molecule has 18 heavy (non-hydrogen) atoms. The van der Waals surface area contributed by atoms with Crippen LogP contribution in [0.1, 0.15) is 23.2 Å². The lowest BCUT2D eigenvalue weighted by Gasteiger charge is -2.09. The van der Waals surface area contributed by atoms with Crippen molar-refractivity contribution in [2.24, 2.45) is 5.14 Å². The highest BCUT2D eigenvalue weighted by Crippen LogP contribution is 2.17. The number of nitrogens with one attached hydrogen (secondary N) is 1. The van der Waals surface area contributed by atoms with Crippen molar-refractivity contribution < 1.29 is 8.42 Å². The molecule has 1 heterocycles. The van der Waals surface area contributed by atoms with Gasteiger partial charge in [-0.2, -0.15) is 5.26 Å². The molecule has 7 heteroatoms. The second kappa shape index (κ2) is 5.80. The Morgan fingerprint density at radius 3 is 2.72 bits per heavy atom. The molecule has 0 radical (unpaired) electrons. The Morgan fingerprint density at radius 1 is 1.50 bits per heavy atom. The number of sulfonamides is 1. The number of pyridine rings is 1. The van der Waals surface area contributed by atoms with Gasteiger partial charge in [0.1, 0.15) is 11.9 Å². The van der Waals surface area contributed by atoms with Crippen molar-refractivity contribution >= 4 is 15.8 Å². The number of nitrogens with two attached hydrogens (primary N) is 1. The van der Waals surface area contributed by atoms with Crippen LogP contribution in [-0.2, 0) is 10.0 Å². The van der Waals surface area contributed by atoms with E-state index in [9.17, 15) is 8.42 Å². The van der Waals surface area contributed by atoms with Crippen LogP contribution in [0.5, 0.6) is 0 Å². The molecule has 0 saturated carbocycles. The maximum atomic E-state index is 10.8. The minimum atomic E-state index is -3.44. The van der Waals surface area contributed by atoms with Crippen LogP contribution in [0.25, 0.3) is 0 Å². The molecule has 3 N–H and O–H groups in total. The summed E-state index contributed by atoms with van der Waals surface area (Å²) in [6, 6.07) is 3.91. The fourth-order valence-corrected chi connectivity index (χ4v) is 2.13. The van der Waals surface area contributed by atoms with Gasteiger partial charge in [0.25, 0.3) is 0 Å². The average Bonchev–Trinajstić information content (AvgIpc) is 2.22. The molecule has 0 aliphatic carbocycles. The summed E-state index contributed by atoms with van der Waals surface area (Å²) in [5, 5.41) is 16.9. The molecule has 1 aromatic heterocycles. The molecule has 0 bridgehead atoms. The second-order valence-electron chi connectivity index (χ2n) is 4.06. The minimum absolute atomic E-state index is 0.0906. The molecule has 6 nitrogen and oxygen atoms in total. The van der Waals surface area contributed by atoms with Crippen LogP contribution in [0.4, 0.5) is 5.82 Å². The Morgan fingerprint density at radius 2 is 2.17 bits per heavy atom. The molecule has 0 fully saturated rings. The topological polar surface area (TPSA) is 109 Å². The van der Waals surface area contributed by atoms with Gasteiger partial charge in [0.2, 0.25) is 10.0 Å². The van der Waals surface area contributed by atoms with Crippen molar-refractivity contribution in [1.29, 1.82) is 5.26 Å². The maximum absolute atomic E-state index is 10.8. The number of hydrogen-bond acceptors (Lipinski definition) is 5. The summed E-state index contributed by atoms with van der Waals surface area (Å²) in [5.74, 6) is 0.400. The van der Waals surface area contributed by atoms with Crippen molar-refractivity contribution in [3.8, 4) is 6.07 Å². The molecule has 0 unspecified atom stereocenters. The van der Waals surface area contributed by atoms with Gasteiger partial charge in [0.05, 0.1) is 11.3 Å². The van der Waals surface area contributed by atoms with Crippen LogP contribution < -0.4 is 10.5 Å². The molecule has 0 aliphatic heterocycles. The molecular formula is C11H16N4O2S. The van der Waals surface area contributed by atoms with Crippen LogP contribution in [0.15, 0.2) is 6.07 Å². The zero-order valence-electron chi connectivity index (χ0n) is 10.4. The van der Waals surface area contributed by atoms with Gasteiger partial charge in [-0.1, -0.05) is 0 Å². The van der Waals surface area contributed by atoms with E-state index in [1.165, 1.54) is 0 Å². The minimum Gasteiger partial charge on any atom is -0.369 e. The summed E-state index contributed by atoms with van der Waals surface area (Å²) in [4.78, 5) is 4.22.